The fraction of sp³-hybridized carbons (Fsp3) is 0.267. The molecule has 0 saturated heterocycles. The summed E-state index contributed by atoms with van der Waals surface area (Å²) in [6.07, 6.45) is 4.72. The average molecular weight is 329 g/mol. The summed E-state index contributed by atoms with van der Waals surface area (Å²) < 4.78 is 1.12. The lowest BCUT2D eigenvalue weighted by Gasteiger charge is -2.18. The van der Waals surface area contributed by atoms with Crippen LogP contribution in [0.15, 0.2) is 41.0 Å². The molecule has 0 amide bonds. The molecular weight excluding hydrogens is 316 g/mol. The zero-order valence-electron chi connectivity index (χ0n) is 10.8. The molecule has 5 heteroatoms. The van der Waals surface area contributed by atoms with Gasteiger partial charge in [0.05, 0.1) is 0 Å². The van der Waals surface area contributed by atoms with E-state index in [1.165, 1.54) is 5.56 Å². The Hall–Kier alpha value is -1.93. The Balaban J connectivity index is 1.77. The van der Waals surface area contributed by atoms with Crippen molar-refractivity contribution in [1.82, 2.24) is 9.97 Å². The maximum absolute atomic E-state index is 8.87. The van der Waals surface area contributed by atoms with Gasteiger partial charge in [-0.15, -0.1) is 0 Å². The summed E-state index contributed by atoms with van der Waals surface area (Å²) in [6, 6.07) is 11.9. The molecule has 1 fully saturated rings. The smallest absolute Gasteiger partial charge is 0.224 e. The fourth-order valence-electron chi connectivity index (χ4n) is 2.22. The van der Waals surface area contributed by atoms with E-state index < -0.39 is 0 Å². The highest BCUT2D eigenvalue weighted by molar-refractivity contribution is 9.10. The molecule has 0 spiro atoms. The second-order valence-electron chi connectivity index (χ2n) is 5.05. The van der Waals surface area contributed by atoms with Crippen LogP contribution in [0.25, 0.3) is 0 Å². The van der Waals surface area contributed by atoms with Gasteiger partial charge in [0, 0.05) is 16.2 Å². The minimum Gasteiger partial charge on any atom is -0.348 e. The molecule has 1 aliphatic rings. The summed E-state index contributed by atoms with van der Waals surface area (Å²) in [4.78, 5) is 8.38. The maximum atomic E-state index is 8.87. The Morgan fingerprint density at radius 3 is 2.80 bits per heavy atom. The van der Waals surface area contributed by atoms with Crippen molar-refractivity contribution < 1.29 is 0 Å². The third-order valence-electron chi connectivity index (χ3n) is 3.49. The number of nitriles is 1. The van der Waals surface area contributed by atoms with Gasteiger partial charge in [0.2, 0.25) is 5.95 Å². The largest absolute Gasteiger partial charge is 0.348 e. The molecule has 100 valence electrons. The predicted octanol–water partition coefficient (Wildman–Crippen LogP) is 3.30. The molecule has 1 saturated carbocycles. The van der Waals surface area contributed by atoms with Gasteiger partial charge in [-0.1, -0.05) is 34.1 Å². The normalized spacial score (nSPS) is 15.4. The Labute approximate surface area is 126 Å². The van der Waals surface area contributed by atoms with Gasteiger partial charge in [-0.3, -0.25) is 0 Å². The van der Waals surface area contributed by atoms with Crippen molar-refractivity contribution in [2.75, 3.05) is 5.32 Å². The SMILES string of the molecule is N#Cc1ccnc(NC2(Cc3ccccc3Br)CC2)n1. The second kappa shape index (κ2) is 5.22. The number of hydrogen-bond acceptors (Lipinski definition) is 4. The Morgan fingerprint density at radius 1 is 1.30 bits per heavy atom. The van der Waals surface area contributed by atoms with Crippen molar-refractivity contribution in [1.29, 1.82) is 5.26 Å². The number of anilines is 1. The monoisotopic (exact) mass is 328 g/mol. The van der Waals surface area contributed by atoms with Crippen LogP contribution >= 0.6 is 15.9 Å². The highest BCUT2D eigenvalue weighted by atomic mass is 79.9. The van der Waals surface area contributed by atoms with E-state index in [-0.39, 0.29) is 5.54 Å². The molecular formula is C15H13BrN4. The molecule has 2 aromatic rings. The minimum atomic E-state index is 0.0257. The lowest BCUT2D eigenvalue weighted by Crippen LogP contribution is -2.25. The molecule has 1 heterocycles. The predicted molar refractivity (Wildman–Crippen MR) is 80.2 cm³/mol. The lowest BCUT2D eigenvalue weighted by molar-refractivity contribution is 0.713. The summed E-state index contributed by atoms with van der Waals surface area (Å²) >= 11 is 3.58. The molecule has 0 aliphatic heterocycles. The first-order chi connectivity index (χ1) is 9.71. The summed E-state index contributed by atoms with van der Waals surface area (Å²) in [5.74, 6) is 0.536. The molecule has 1 aliphatic carbocycles. The summed E-state index contributed by atoms with van der Waals surface area (Å²) in [5, 5.41) is 12.3. The van der Waals surface area contributed by atoms with Crippen molar-refractivity contribution in [3.05, 3.63) is 52.3 Å². The van der Waals surface area contributed by atoms with Crippen LogP contribution in [-0.4, -0.2) is 15.5 Å². The van der Waals surface area contributed by atoms with E-state index in [1.807, 2.05) is 18.2 Å². The highest BCUT2D eigenvalue weighted by Crippen LogP contribution is 2.42. The third kappa shape index (κ3) is 2.81. The van der Waals surface area contributed by atoms with E-state index in [2.05, 4.69) is 43.3 Å². The van der Waals surface area contributed by atoms with Crippen LogP contribution in [0.3, 0.4) is 0 Å². The zero-order chi connectivity index (χ0) is 14.0. The van der Waals surface area contributed by atoms with Crippen LogP contribution in [-0.2, 0) is 6.42 Å². The highest BCUT2D eigenvalue weighted by Gasteiger charge is 2.43. The molecule has 4 nitrogen and oxygen atoms in total. The van der Waals surface area contributed by atoms with Gasteiger partial charge >= 0.3 is 0 Å². The first kappa shape index (κ1) is 13.1. The van der Waals surface area contributed by atoms with E-state index in [0.29, 0.717) is 11.6 Å². The van der Waals surface area contributed by atoms with E-state index >= 15 is 0 Å². The van der Waals surface area contributed by atoms with Crippen molar-refractivity contribution in [2.45, 2.75) is 24.8 Å². The van der Waals surface area contributed by atoms with Crippen molar-refractivity contribution >= 4 is 21.9 Å². The molecule has 1 aromatic carbocycles. The van der Waals surface area contributed by atoms with Gasteiger partial charge in [0.25, 0.3) is 0 Å². The average Bonchev–Trinajstić information content (AvgIpc) is 3.21. The standard InChI is InChI=1S/C15H13BrN4/c16-13-4-2-1-3-11(13)9-15(6-7-15)20-14-18-8-5-12(10-17)19-14/h1-5,8H,6-7,9H2,(H,18,19,20). The van der Waals surface area contributed by atoms with E-state index in [9.17, 15) is 0 Å². The molecule has 1 N–H and O–H groups in total. The van der Waals surface area contributed by atoms with Crippen LogP contribution in [0.1, 0.15) is 24.1 Å². The van der Waals surface area contributed by atoms with E-state index in [4.69, 9.17) is 5.26 Å². The van der Waals surface area contributed by atoms with Crippen LogP contribution in [0.2, 0.25) is 0 Å². The van der Waals surface area contributed by atoms with Crippen LogP contribution in [0.4, 0.5) is 5.95 Å². The third-order valence-corrected chi connectivity index (χ3v) is 4.26. The van der Waals surface area contributed by atoms with Gasteiger partial charge in [-0.25, -0.2) is 9.97 Å². The van der Waals surface area contributed by atoms with Gasteiger partial charge in [-0.2, -0.15) is 5.26 Å². The first-order valence-electron chi connectivity index (χ1n) is 6.46. The molecule has 0 unspecified atom stereocenters. The molecule has 0 radical (unpaired) electrons. The minimum absolute atomic E-state index is 0.0257. The molecule has 3 rings (SSSR count). The summed E-state index contributed by atoms with van der Waals surface area (Å²) in [5.41, 5.74) is 1.69. The number of benzene rings is 1. The van der Waals surface area contributed by atoms with E-state index in [0.717, 1.165) is 23.7 Å². The lowest BCUT2D eigenvalue weighted by atomic mass is 10.0. The fourth-order valence-corrected chi connectivity index (χ4v) is 2.65. The quantitative estimate of drug-likeness (QED) is 0.935. The van der Waals surface area contributed by atoms with Crippen molar-refractivity contribution in [3.8, 4) is 6.07 Å². The van der Waals surface area contributed by atoms with Gasteiger partial charge in [0.1, 0.15) is 11.8 Å². The summed E-state index contributed by atoms with van der Waals surface area (Å²) in [7, 11) is 0. The summed E-state index contributed by atoms with van der Waals surface area (Å²) in [6.45, 7) is 0. The van der Waals surface area contributed by atoms with Crippen LogP contribution < -0.4 is 5.32 Å². The number of rotatable bonds is 4. The Morgan fingerprint density at radius 2 is 2.10 bits per heavy atom. The number of hydrogen-bond donors (Lipinski definition) is 1. The zero-order valence-corrected chi connectivity index (χ0v) is 12.4. The Kier molecular flexibility index (Phi) is 3.41. The second-order valence-corrected chi connectivity index (χ2v) is 5.91. The topological polar surface area (TPSA) is 61.6 Å². The number of nitrogens with zero attached hydrogens (tertiary/aromatic N) is 3. The maximum Gasteiger partial charge on any atom is 0.224 e. The number of nitrogens with one attached hydrogen (secondary N) is 1. The number of aromatic nitrogens is 2. The van der Waals surface area contributed by atoms with Gasteiger partial charge in [-0.05, 0) is 37.0 Å². The molecule has 20 heavy (non-hydrogen) atoms. The molecule has 0 atom stereocenters. The molecule has 1 aromatic heterocycles. The molecule has 0 bridgehead atoms. The van der Waals surface area contributed by atoms with Gasteiger partial charge in [0.15, 0.2) is 0 Å². The Bertz CT molecular complexity index is 674. The van der Waals surface area contributed by atoms with Crippen LogP contribution in [0, 0.1) is 11.3 Å². The first-order valence-corrected chi connectivity index (χ1v) is 7.25. The van der Waals surface area contributed by atoms with Gasteiger partial charge < -0.3 is 5.32 Å². The van der Waals surface area contributed by atoms with Crippen molar-refractivity contribution in [2.24, 2.45) is 0 Å². The van der Waals surface area contributed by atoms with Crippen LogP contribution in [0.5, 0.6) is 0 Å². The van der Waals surface area contributed by atoms with E-state index in [1.54, 1.807) is 12.3 Å². The van der Waals surface area contributed by atoms with Crippen molar-refractivity contribution in [3.63, 3.8) is 0 Å². The number of halogens is 1.